The minimum absolute atomic E-state index is 0.276. The van der Waals surface area contributed by atoms with Gasteiger partial charge in [-0.3, -0.25) is 4.79 Å². The van der Waals surface area contributed by atoms with Crippen LogP contribution in [0.5, 0.6) is 5.75 Å². The number of nitrogens with zero attached hydrogens (tertiary/aromatic N) is 1. The molecule has 0 bridgehead atoms. The number of methoxy groups -OCH3 is 1. The van der Waals surface area contributed by atoms with Gasteiger partial charge in [0.15, 0.2) is 6.61 Å². The van der Waals surface area contributed by atoms with Gasteiger partial charge in [0, 0.05) is 11.8 Å². The quantitative estimate of drug-likeness (QED) is 0.856. The van der Waals surface area contributed by atoms with Crippen molar-refractivity contribution in [2.24, 2.45) is 0 Å². The lowest BCUT2D eigenvalue weighted by Crippen LogP contribution is -2.20. The number of anilines is 1. The van der Waals surface area contributed by atoms with Crippen molar-refractivity contribution >= 4 is 17.6 Å². The van der Waals surface area contributed by atoms with Crippen molar-refractivity contribution in [2.75, 3.05) is 19.0 Å². The Labute approximate surface area is 133 Å². The summed E-state index contributed by atoms with van der Waals surface area (Å²) in [4.78, 5) is 23.6. The molecule has 116 valence electrons. The first-order valence-electron chi connectivity index (χ1n) is 6.73. The number of nitrogens with one attached hydrogen (secondary N) is 1. The van der Waals surface area contributed by atoms with E-state index in [4.69, 9.17) is 14.7 Å². The van der Waals surface area contributed by atoms with Gasteiger partial charge >= 0.3 is 5.97 Å². The number of rotatable bonds is 5. The molecular formula is C17H14N2O4. The molecule has 0 unspecified atom stereocenters. The fourth-order valence-electron chi connectivity index (χ4n) is 1.79. The average molecular weight is 310 g/mol. The Bertz CT molecular complexity index is 748. The predicted molar refractivity (Wildman–Crippen MR) is 83.1 cm³/mol. The molecule has 1 N–H and O–H groups in total. The second kappa shape index (κ2) is 7.61. The summed E-state index contributed by atoms with van der Waals surface area (Å²) in [6.07, 6.45) is 0. The highest BCUT2D eigenvalue weighted by Crippen LogP contribution is 2.16. The Morgan fingerprint density at radius 2 is 1.91 bits per heavy atom. The zero-order chi connectivity index (χ0) is 16.7. The average Bonchev–Trinajstić information content (AvgIpc) is 2.60. The first-order chi connectivity index (χ1) is 11.1. The van der Waals surface area contributed by atoms with Crippen molar-refractivity contribution in [3.8, 4) is 11.8 Å². The number of carbonyl (C=O) groups excluding carboxylic acids is 2. The second-order valence-corrected chi connectivity index (χ2v) is 4.55. The molecular weight excluding hydrogens is 296 g/mol. The normalized spacial score (nSPS) is 9.57. The van der Waals surface area contributed by atoms with Crippen molar-refractivity contribution < 1.29 is 19.1 Å². The monoisotopic (exact) mass is 310 g/mol. The standard InChI is InChI=1S/C17H14N2O4/c1-22-15-4-2-3-14(9-15)19-16(20)11-23-17(21)13-7-5-12(10-18)6-8-13/h2-9H,11H2,1H3,(H,19,20). The van der Waals surface area contributed by atoms with E-state index in [0.29, 0.717) is 17.0 Å². The van der Waals surface area contributed by atoms with E-state index in [2.05, 4.69) is 5.32 Å². The van der Waals surface area contributed by atoms with Crippen molar-refractivity contribution in [1.29, 1.82) is 5.26 Å². The summed E-state index contributed by atoms with van der Waals surface area (Å²) in [5.74, 6) is -0.479. The Kier molecular flexibility index (Phi) is 5.31. The van der Waals surface area contributed by atoms with Crippen LogP contribution in [0.4, 0.5) is 5.69 Å². The summed E-state index contributed by atoms with van der Waals surface area (Å²) in [7, 11) is 1.53. The maximum Gasteiger partial charge on any atom is 0.338 e. The van der Waals surface area contributed by atoms with Crippen LogP contribution in [-0.4, -0.2) is 25.6 Å². The minimum atomic E-state index is -0.629. The fraction of sp³-hybridized carbons (Fsp3) is 0.118. The van der Waals surface area contributed by atoms with Gasteiger partial charge in [0.2, 0.25) is 0 Å². The van der Waals surface area contributed by atoms with E-state index in [-0.39, 0.29) is 5.56 Å². The fourth-order valence-corrected chi connectivity index (χ4v) is 1.79. The number of ether oxygens (including phenoxy) is 2. The van der Waals surface area contributed by atoms with E-state index in [1.165, 1.54) is 31.4 Å². The molecule has 0 saturated carbocycles. The third kappa shape index (κ3) is 4.58. The number of nitriles is 1. The first-order valence-corrected chi connectivity index (χ1v) is 6.73. The van der Waals surface area contributed by atoms with Gasteiger partial charge in [0.25, 0.3) is 5.91 Å². The molecule has 0 aliphatic heterocycles. The predicted octanol–water partition coefficient (Wildman–Crippen LogP) is 2.36. The van der Waals surface area contributed by atoms with E-state index in [1.54, 1.807) is 24.3 Å². The molecule has 2 aromatic rings. The van der Waals surface area contributed by atoms with E-state index in [9.17, 15) is 9.59 Å². The molecule has 23 heavy (non-hydrogen) atoms. The highest BCUT2D eigenvalue weighted by atomic mass is 16.5. The lowest BCUT2D eigenvalue weighted by atomic mass is 10.1. The summed E-state index contributed by atoms with van der Waals surface area (Å²) in [5.41, 5.74) is 1.26. The van der Waals surface area contributed by atoms with Crippen LogP contribution in [0.2, 0.25) is 0 Å². The maximum absolute atomic E-state index is 11.8. The van der Waals surface area contributed by atoms with Crippen LogP contribution in [0.3, 0.4) is 0 Å². The summed E-state index contributed by atoms with van der Waals surface area (Å²) in [5, 5.41) is 11.3. The molecule has 1 amide bonds. The number of amides is 1. The van der Waals surface area contributed by atoms with E-state index in [0.717, 1.165) is 0 Å². The molecule has 0 heterocycles. The largest absolute Gasteiger partial charge is 0.497 e. The molecule has 0 atom stereocenters. The number of esters is 1. The number of carbonyl (C=O) groups is 2. The number of hydrogen-bond acceptors (Lipinski definition) is 5. The maximum atomic E-state index is 11.8. The minimum Gasteiger partial charge on any atom is -0.497 e. The zero-order valence-corrected chi connectivity index (χ0v) is 12.4. The van der Waals surface area contributed by atoms with Gasteiger partial charge in [-0.05, 0) is 36.4 Å². The van der Waals surface area contributed by atoms with Crippen LogP contribution in [-0.2, 0) is 9.53 Å². The Hall–Kier alpha value is -3.33. The van der Waals surface area contributed by atoms with Gasteiger partial charge in [-0.15, -0.1) is 0 Å². The van der Waals surface area contributed by atoms with E-state index in [1.807, 2.05) is 6.07 Å². The molecule has 0 saturated heterocycles. The van der Waals surface area contributed by atoms with Gasteiger partial charge < -0.3 is 14.8 Å². The smallest absolute Gasteiger partial charge is 0.338 e. The van der Waals surface area contributed by atoms with Crippen molar-refractivity contribution in [3.63, 3.8) is 0 Å². The van der Waals surface area contributed by atoms with Crippen LogP contribution < -0.4 is 10.1 Å². The number of hydrogen-bond donors (Lipinski definition) is 1. The summed E-state index contributed by atoms with van der Waals surface area (Å²) in [6.45, 7) is -0.407. The summed E-state index contributed by atoms with van der Waals surface area (Å²) < 4.78 is 9.98. The van der Waals surface area contributed by atoms with Gasteiger partial charge in [-0.25, -0.2) is 4.79 Å². The lowest BCUT2D eigenvalue weighted by Gasteiger charge is -2.08. The molecule has 0 fully saturated rings. The highest BCUT2D eigenvalue weighted by molar-refractivity contribution is 5.95. The Morgan fingerprint density at radius 1 is 1.17 bits per heavy atom. The van der Waals surface area contributed by atoms with Crippen LogP contribution in [0.1, 0.15) is 15.9 Å². The van der Waals surface area contributed by atoms with Crippen molar-refractivity contribution in [2.45, 2.75) is 0 Å². The van der Waals surface area contributed by atoms with Gasteiger partial charge in [-0.2, -0.15) is 5.26 Å². The van der Waals surface area contributed by atoms with Crippen molar-refractivity contribution in [3.05, 3.63) is 59.7 Å². The van der Waals surface area contributed by atoms with E-state index >= 15 is 0 Å². The van der Waals surface area contributed by atoms with Gasteiger partial charge in [0.05, 0.1) is 24.3 Å². The van der Waals surface area contributed by atoms with Crippen LogP contribution in [0, 0.1) is 11.3 Å². The molecule has 0 aliphatic rings. The van der Waals surface area contributed by atoms with Gasteiger partial charge in [0.1, 0.15) is 5.75 Å². The highest BCUT2D eigenvalue weighted by Gasteiger charge is 2.10. The molecule has 0 aliphatic carbocycles. The van der Waals surface area contributed by atoms with Crippen LogP contribution in [0.15, 0.2) is 48.5 Å². The Morgan fingerprint density at radius 3 is 2.57 bits per heavy atom. The first kappa shape index (κ1) is 16.0. The molecule has 0 aromatic heterocycles. The topological polar surface area (TPSA) is 88.4 Å². The third-order valence-corrected chi connectivity index (χ3v) is 2.94. The zero-order valence-electron chi connectivity index (χ0n) is 12.4. The molecule has 2 aromatic carbocycles. The van der Waals surface area contributed by atoms with Crippen molar-refractivity contribution in [1.82, 2.24) is 0 Å². The summed E-state index contributed by atoms with van der Waals surface area (Å²) >= 11 is 0. The molecule has 0 spiro atoms. The summed E-state index contributed by atoms with van der Waals surface area (Å²) in [6, 6.07) is 14.7. The lowest BCUT2D eigenvalue weighted by molar-refractivity contribution is -0.119. The van der Waals surface area contributed by atoms with Gasteiger partial charge in [-0.1, -0.05) is 6.07 Å². The molecule has 6 heteroatoms. The Balaban J connectivity index is 1.88. The van der Waals surface area contributed by atoms with Crippen LogP contribution in [0.25, 0.3) is 0 Å². The second-order valence-electron chi connectivity index (χ2n) is 4.55. The molecule has 2 rings (SSSR count). The van der Waals surface area contributed by atoms with Crippen LogP contribution >= 0.6 is 0 Å². The number of benzene rings is 2. The van der Waals surface area contributed by atoms with E-state index < -0.39 is 18.5 Å². The molecule has 6 nitrogen and oxygen atoms in total. The third-order valence-electron chi connectivity index (χ3n) is 2.94. The SMILES string of the molecule is COc1cccc(NC(=O)COC(=O)c2ccc(C#N)cc2)c1. The molecule has 0 radical (unpaired) electrons.